The molecule has 2 aromatic heterocycles. The van der Waals surface area contributed by atoms with Gasteiger partial charge < -0.3 is 9.13 Å². The van der Waals surface area contributed by atoms with E-state index in [2.05, 4.69) is 260 Å². The number of benzene rings is 11. The lowest BCUT2D eigenvalue weighted by atomic mass is 9.74. The fourth-order valence-electron chi connectivity index (χ4n) is 11.1. The third-order valence-electron chi connectivity index (χ3n) is 14.3. The number of aryl methyl sites for hydroxylation is 2. The van der Waals surface area contributed by atoms with E-state index >= 15 is 0 Å². The topological polar surface area (TPSA) is 9.86 Å². The summed E-state index contributed by atoms with van der Waals surface area (Å²) < 4.78 is 4.86. The highest BCUT2D eigenvalue weighted by atomic mass is 35.5. The number of halogens is 1. The molecule has 13 rings (SSSR count). The van der Waals surface area contributed by atoms with Crippen molar-refractivity contribution in [2.75, 3.05) is 0 Å². The Morgan fingerprint density at radius 2 is 0.549 bits per heavy atom. The van der Waals surface area contributed by atoms with Gasteiger partial charge >= 0.3 is 0 Å². The summed E-state index contributed by atoms with van der Waals surface area (Å²) in [5, 5.41) is 5.60. The lowest BCUT2D eigenvalue weighted by molar-refractivity contribution is 1.17. The Kier molecular flexibility index (Phi) is 10.4. The molecular weight excluding hydrogens is 880 g/mol. The molecule has 0 aliphatic rings. The highest BCUT2D eigenvalue weighted by Gasteiger charge is 2.29. The van der Waals surface area contributed by atoms with Gasteiger partial charge in [-0.1, -0.05) is 211 Å². The quantitative estimate of drug-likeness (QED) is 0.144. The maximum Gasteiger partial charge on any atom is 0.0548 e. The fourth-order valence-corrected chi connectivity index (χ4v) is 11.2. The van der Waals surface area contributed by atoms with Crippen molar-refractivity contribution < 1.29 is 0 Å². The number of hydrogen-bond donors (Lipinski definition) is 0. The van der Waals surface area contributed by atoms with Gasteiger partial charge in [-0.2, -0.15) is 0 Å². The van der Waals surface area contributed by atoms with Gasteiger partial charge in [0, 0.05) is 37.9 Å². The van der Waals surface area contributed by atoms with E-state index in [-0.39, 0.29) is 0 Å². The molecule has 336 valence electrons. The Bertz CT molecular complexity index is 4110. The predicted octanol–water partition coefficient (Wildman–Crippen LogP) is 19.2. The van der Waals surface area contributed by atoms with E-state index in [9.17, 15) is 0 Å². The van der Waals surface area contributed by atoms with E-state index < -0.39 is 0 Å². The van der Waals surface area contributed by atoms with E-state index in [1.807, 2.05) is 12.1 Å². The molecule has 0 amide bonds. The molecule has 0 saturated carbocycles. The standard InChI is InChI=1S/C68H47ClN2/c1-44-26-30-48(31-27-44)65-63(46-16-6-3-7-17-46)64(47-18-8-4-9-19-47)66(49-32-28-45(2)29-33-49)68(67(65)50-34-38-52(69)39-35-50)51-36-40-54(41-37-51)71-60-25-15-13-23-56(60)58-42-61-57(43-62(58)71)55-22-12-14-24-59(55)70(61)53-20-10-5-11-21-53/h3-43H,1-2H3. The van der Waals surface area contributed by atoms with Crippen molar-refractivity contribution in [3.8, 4) is 78.1 Å². The van der Waals surface area contributed by atoms with Crippen LogP contribution in [-0.2, 0) is 0 Å². The van der Waals surface area contributed by atoms with Crippen LogP contribution in [0.25, 0.3) is 122 Å². The van der Waals surface area contributed by atoms with Gasteiger partial charge in [0.1, 0.15) is 0 Å². The lowest BCUT2D eigenvalue weighted by Crippen LogP contribution is -2.02. The number of para-hydroxylation sites is 3. The van der Waals surface area contributed by atoms with Crippen LogP contribution in [0.3, 0.4) is 0 Å². The second kappa shape index (κ2) is 17.4. The third-order valence-corrected chi connectivity index (χ3v) is 14.6. The Balaban J connectivity index is 1.13. The van der Waals surface area contributed by atoms with Crippen LogP contribution in [0.2, 0.25) is 5.02 Å². The van der Waals surface area contributed by atoms with Crippen molar-refractivity contribution in [3.63, 3.8) is 0 Å². The minimum Gasteiger partial charge on any atom is -0.309 e. The molecule has 0 unspecified atom stereocenters. The highest BCUT2D eigenvalue weighted by Crippen LogP contribution is 2.56. The number of hydrogen-bond acceptors (Lipinski definition) is 0. The van der Waals surface area contributed by atoms with Gasteiger partial charge in [-0.3, -0.25) is 0 Å². The van der Waals surface area contributed by atoms with E-state index in [0.29, 0.717) is 5.02 Å². The Morgan fingerprint density at radius 3 is 0.944 bits per heavy atom. The summed E-state index contributed by atoms with van der Waals surface area (Å²) in [7, 11) is 0. The zero-order chi connectivity index (χ0) is 47.6. The monoisotopic (exact) mass is 926 g/mol. The van der Waals surface area contributed by atoms with Crippen LogP contribution in [-0.4, -0.2) is 9.13 Å². The van der Waals surface area contributed by atoms with Gasteiger partial charge in [-0.15, -0.1) is 0 Å². The van der Waals surface area contributed by atoms with E-state index in [1.165, 1.54) is 77.0 Å². The summed E-state index contributed by atoms with van der Waals surface area (Å²) in [5.74, 6) is 0. The van der Waals surface area contributed by atoms with Crippen molar-refractivity contribution in [1.82, 2.24) is 9.13 Å². The first-order valence-corrected chi connectivity index (χ1v) is 24.7. The second-order valence-electron chi connectivity index (χ2n) is 18.7. The molecule has 0 spiro atoms. The summed E-state index contributed by atoms with van der Waals surface area (Å²) in [6.07, 6.45) is 0. The molecule has 0 N–H and O–H groups in total. The SMILES string of the molecule is Cc1ccc(-c2c(-c3ccccc3)c(-c3ccccc3)c(-c3ccc(C)cc3)c(-c3ccc(-n4c5ccccc5c5cc6c(cc54)c4ccccc4n6-c4ccccc4)cc3)c2-c2ccc(Cl)cc2)cc1. The average Bonchev–Trinajstić information content (AvgIpc) is 3.93. The number of aromatic nitrogens is 2. The van der Waals surface area contributed by atoms with Crippen LogP contribution in [0.4, 0.5) is 0 Å². The van der Waals surface area contributed by atoms with Crippen molar-refractivity contribution in [1.29, 1.82) is 0 Å². The smallest absolute Gasteiger partial charge is 0.0548 e. The van der Waals surface area contributed by atoms with Gasteiger partial charge in [0.05, 0.1) is 22.1 Å². The molecule has 13 aromatic rings. The summed E-state index contributed by atoms with van der Waals surface area (Å²) in [6.45, 7) is 4.32. The van der Waals surface area contributed by atoms with Crippen LogP contribution in [0.1, 0.15) is 11.1 Å². The molecule has 0 aliphatic carbocycles. The molecule has 11 aromatic carbocycles. The Hall–Kier alpha value is -8.69. The molecule has 71 heavy (non-hydrogen) atoms. The summed E-state index contributed by atoms with van der Waals surface area (Å²) in [6, 6.07) is 91.0. The molecule has 2 nitrogen and oxygen atoms in total. The molecule has 3 heteroatoms. The second-order valence-corrected chi connectivity index (χ2v) is 19.1. The fraction of sp³-hybridized carbons (Fsp3) is 0.0294. The van der Waals surface area contributed by atoms with Crippen LogP contribution in [0.5, 0.6) is 0 Å². The van der Waals surface area contributed by atoms with Crippen molar-refractivity contribution in [2.24, 2.45) is 0 Å². The number of rotatable bonds is 8. The van der Waals surface area contributed by atoms with Crippen LogP contribution in [0, 0.1) is 13.8 Å². The van der Waals surface area contributed by atoms with Gasteiger partial charge in [-0.05, 0) is 141 Å². The zero-order valence-corrected chi connectivity index (χ0v) is 40.2. The summed E-state index contributed by atoms with van der Waals surface area (Å²) in [5.41, 5.74) is 23.3. The molecule has 0 fully saturated rings. The molecule has 0 bridgehead atoms. The highest BCUT2D eigenvalue weighted by molar-refractivity contribution is 6.30. The lowest BCUT2D eigenvalue weighted by Gasteiger charge is -2.29. The minimum absolute atomic E-state index is 0.701. The van der Waals surface area contributed by atoms with Crippen LogP contribution >= 0.6 is 11.6 Å². The van der Waals surface area contributed by atoms with Gasteiger partial charge in [-0.25, -0.2) is 0 Å². The maximum atomic E-state index is 6.74. The maximum absolute atomic E-state index is 6.74. The summed E-state index contributed by atoms with van der Waals surface area (Å²) in [4.78, 5) is 0. The normalized spacial score (nSPS) is 11.6. The predicted molar refractivity (Wildman–Crippen MR) is 302 cm³/mol. The van der Waals surface area contributed by atoms with Gasteiger partial charge in [0.2, 0.25) is 0 Å². The largest absolute Gasteiger partial charge is 0.309 e. The first kappa shape index (κ1) is 42.4. The molecule has 2 heterocycles. The molecule has 0 saturated heterocycles. The minimum atomic E-state index is 0.701. The number of nitrogens with zero attached hydrogens (tertiary/aromatic N) is 2. The zero-order valence-electron chi connectivity index (χ0n) is 39.4. The van der Waals surface area contributed by atoms with E-state index in [4.69, 9.17) is 11.6 Å². The molecule has 0 aliphatic heterocycles. The summed E-state index contributed by atoms with van der Waals surface area (Å²) >= 11 is 6.74. The average molecular weight is 928 g/mol. The third kappa shape index (κ3) is 7.18. The Labute approximate surface area is 418 Å². The van der Waals surface area contributed by atoms with Crippen molar-refractivity contribution in [3.05, 3.63) is 265 Å². The van der Waals surface area contributed by atoms with Crippen molar-refractivity contribution in [2.45, 2.75) is 13.8 Å². The van der Waals surface area contributed by atoms with E-state index in [0.717, 1.165) is 55.9 Å². The van der Waals surface area contributed by atoms with Gasteiger partial charge in [0.15, 0.2) is 0 Å². The molecular formula is C68H47ClN2. The first-order chi connectivity index (χ1) is 35.0. The first-order valence-electron chi connectivity index (χ1n) is 24.4. The van der Waals surface area contributed by atoms with Crippen molar-refractivity contribution >= 4 is 55.2 Å². The van der Waals surface area contributed by atoms with Crippen LogP contribution < -0.4 is 0 Å². The Morgan fingerprint density at radius 1 is 0.254 bits per heavy atom. The van der Waals surface area contributed by atoms with Crippen LogP contribution in [0.15, 0.2) is 249 Å². The number of fused-ring (bicyclic) bond motifs is 6. The molecule has 0 atom stereocenters. The van der Waals surface area contributed by atoms with Gasteiger partial charge in [0.25, 0.3) is 0 Å². The molecule has 0 radical (unpaired) electrons. The van der Waals surface area contributed by atoms with E-state index in [1.54, 1.807) is 0 Å².